The molecule has 1 aromatic heterocycles. The van der Waals surface area contributed by atoms with Gasteiger partial charge in [0.25, 0.3) is 15.9 Å². The van der Waals surface area contributed by atoms with Crippen molar-refractivity contribution in [2.24, 2.45) is 5.92 Å². The van der Waals surface area contributed by atoms with Crippen molar-refractivity contribution in [3.05, 3.63) is 76.8 Å². The first-order valence-corrected chi connectivity index (χ1v) is 15.8. The van der Waals surface area contributed by atoms with E-state index in [4.69, 9.17) is 4.74 Å². The molecule has 2 amide bonds. The summed E-state index contributed by atoms with van der Waals surface area (Å²) in [6.45, 7) is 4.98. The second-order valence-corrected chi connectivity index (χ2v) is 13.1. The Balaban J connectivity index is 1.42. The van der Waals surface area contributed by atoms with Crippen LogP contribution in [0.3, 0.4) is 0 Å². The van der Waals surface area contributed by atoms with Crippen LogP contribution in [0.5, 0.6) is 0 Å². The van der Waals surface area contributed by atoms with Gasteiger partial charge >= 0.3 is 0 Å². The van der Waals surface area contributed by atoms with Crippen molar-refractivity contribution in [3.63, 3.8) is 0 Å². The van der Waals surface area contributed by atoms with E-state index in [9.17, 15) is 23.3 Å². The van der Waals surface area contributed by atoms with Crippen LogP contribution in [0.25, 0.3) is 10.1 Å². The number of benzene rings is 2. The van der Waals surface area contributed by atoms with Gasteiger partial charge in [-0.05, 0) is 54.5 Å². The molecule has 0 bridgehead atoms. The van der Waals surface area contributed by atoms with Crippen LogP contribution in [0.2, 0.25) is 0 Å². The minimum absolute atomic E-state index is 0.0557. The highest BCUT2D eigenvalue weighted by Gasteiger charge is 2.29. The average molecular weight is 595 g/mol. The molecule has 0 radical (unpaired) electrons. The molecule has 1 aliphatic heterocycles. The summed E-state index contributed by atoms with van der Waals surface area (Å²) in [5.41, 5.74) is 0.674. The number of thiophene rings is 1. The largest absolute Gasteiger partial charge is 0.377 e. The first-order chi connectivity index (χ1) is 19.7. The summed E-state index contributed by atoms with van der Waals surface area (Å²) in [5, 5.41) is 16.2. The predicted molar refractivity (Wildman–Crippen MR) is 159 cm³/mol. The van der Waals surface area contributed by atoms with Crippen molar-refractivity contribution in [1.29, 1.82) is 5.26 Å². The van der Waals surface area contributed by atoms with Crippen LogP contribution >= 0.6 is 11.3 Å². The summed E-state index contributed by atoms with van der Waals surface area (Å²) < 4.78 is 35.0. The van der Waals surface area contributed by atoms with Crippen molar-refractivity contribution >= 4 is 43.3 Å². The molecule has 1 atom stereocenters. The monoisotopic (exact) mass is 594 g/mol. The molecule has 216 valence electrons. The Morgan fingerprint density at radius 2 is 1.90 bits per heavy atom. The lowest BCUT2D eigenvalue weighted by atomic mass is 10.0. The van der Waals surface area contributed by atoms with Crippen LogP contribution in [0, 0.1) is 17.2 Å². The van der Waals surface area contributed by atoms with Gasteiger partial charge in [0.1, 0.15) is 17.0 Å². The molecule has 0 fully saturated rings. The standard InChI is InChI=1S/C30H34N4O5S2/c1-21(2)18-25(33-30(36)27-19-22-8-3-5-10-26(22)40-27)29(35)32-14-7-15-34(24-12-16-39-17-13-24)41(37,38)28-11-6-4-9-23(28)20-31/h3-6,8-12,19,21,25H,7,13-18H2,1-2H3,(H,32,35)(H,33,36)/t25-/m0/s1. The Hall–Kier alpha value is -3.72. The van der Waals surface area contributed by atoms with Gasteiger partial charge in [-0.1, -0.05) is 44.2 Å². The van der Waals surface area contributed by atoms with Crippen LogP contribution in [0.4, 0.5) is 0 Å². The van der Waals surface area contributed by atoms with Gasteiger partial charge < -0.3 is 15.4 Å². The van der Waals surface area contributed by atoms with E-state index in [1.54, 1.807) is 18.2 Å². The van der Waals surface area contributed by atoms with E-state index < -0.39 is 16.1 Å². The van der Waals surface area contributed by atoms with E-state index in [-0.39, 0.29) is 41.3 Å². The molecule has 11 heteroatoms. The maximum atomic E-state index is 13.6. The SMILES string of the molecule is CC(C)C[C@H](NC(=O)c1cc2ccccc2s1)C(=O)NCCCN(C1=CCOCC1)S(=O)(=O)c1ccccc1C#N. The van der Waals surface area contributed by atoms with E-state index >= 15 is 0 Å². The van der Waals surface area contributed by atoms with Crippen molar-refractivity contribution in [2.45, 2.75) is 44.0 Å². The summed E-state index contributed by atoms with van der Waals surface area (Å²) in [6, 6.07) is 16.9. The van der Waals surface area contributed by atoms with E-state index in [0.717, 1.165) is 10.1 Å². The maximum absolute atomic E-state index is 13.6. The molecule has 2 heterocycles. The molecule has 2 aromatic carbocycles. The van der Waals surface area contributed by atoms with E-state index in [0.29, 0.717) is 43.1 Å². The lowest BCUT2D eigenvalue weighted by molar-refractivity contribution is -0.123. The molecule has 0 unspecified atom stereocenters. The van der Waals surface area contributed by atoms with Gasteiger partial charge in [-0.3, -0.25) is 13.9 Å². The number of carbonyl (C=O) groups excluding carboxylic acids is 2. The zero-order chi connectivity index (χ0) is 29.4. The summed E-state index contributed by atoms with van der Waals surface area (Å²) in [5.74, 6) is -0.454. The molecule has 0 saturated carbocycles. The Labute approximate surface area is 244 Å². The Kier molecular flexibility index (Phi) is 10.2. The third-order valence-corrected chi connectivity index (χ3v) is 9.67. The number of sulfonamides is 1. The van der Waals surface area contributed by atoms with E-state index in [2.05, 4.69) is 10.6 Å². The van der Waals surface area contributed by atoms with Crippen LogP contribution in [-0.2, 0) is 19.6 Å². The third kappa shape index (κ3) is 7.52. The number of carbonyl (C=O) groups is 2. The Bertz CT molecular complexity index is 1540. The van der Waals surface area contributed by atoms with Crippen molar-refractivity contribution in [3.8, 4) is 6.07 Å². The van der Waals surface area contributed by atoms with E-state index in [1.165, 1.54) is 27.8 Å². The summed E-state index contributed by atoms with van der Waals surface area (Å²) in [6.07, 6.45) is 2.94. The summed E-state index contributed by atoms with van der Waals surface area (Å²) in [7, 11) is -4.02. The van der Waals surface area contributed by atoms with E-state index in [1.807, 2.05) is 50.2 Å². The fourth-order valence-corrected chi connectivity index (χ4v) is 7.34. The first-order valence-electron chi connectivity index (χ1n) is 13.6. The van der Waals surface area contributed by atoms with Crippen LogP contribution in [0.15, 0.2) is 71.3 Å². The van der Waals surface area contributed by atoms with Crippen molar-refractivity contribution in [2.75, 3.05) is 26.3 Å². The zero-order valence-corrected chi connectivity index (χ0v) is 24.8. The van der Waals surface area contributed by atoms with Gasteiger partial charge in [-0.15, -0.1) is 11.3 Å². The molecule has 2 N–H and O–H groups in total. The molecular formula is C30H34N4O5S2. The number of nitrogens with one attached hydrogen (secondary N) is 2. The average Bonchev–Trinajstić information content (AvgIpc) is 3.41. The predicted octanol–water partition coefficient (Wildman–Crippen LogP) is 4.42. The van der Waals surface area contributed by atoms with Gasteiger partial charge in [0.05, 0.1) is 23.7 Å². The van der Waals surface area contributed by atoms with Crippen molar-refractivity contribution in [1.82, 2.24) is 14.9 Å². The second kappa shape index (κ2) is 13.8. The van der Waals surface area contributed by atoms with Gasteiger partial charge in [0.2, 0.25) is 5.91 Å². The van der Waals surface area contributed by atoms with Crippen LogP contribution in [-0.4, -0.2) is 56.9 Å². The smallest absolute Gasteiger partial charge is 0.265 e. The Morgan fingerprint density at radius 1 is 1.15 bits per heavy atom. The fourth-order valence-electron chi connectivity index (χ4n) is 4.65. The third-order valence-electron chi connectivity index (χ3n) is 6.65. The van der Waals surface area contributed by atoms with Gasteiger partial charge in [0, 0.05) is 29.9 Å². The molecular weight excluding hydrogens is 560 g/mol. The number of nitrogens with zero attached hydrogens (tertiary/aromatic N) is 2. The van der Waals surface area contributed by atoms with Crippen molar-refractivity contribution < 1.29 is 22.7 Å². The summed E-state index contributed by atoms with van der Waals surface area (Å²) in [4.78, 5) is 26.6. The summed E-state index contributed by atoms with van der Waals surface area (Å²) >= 11 is 1.38. The van der Waals surface area contributed by atoms with Crippen LogP contribution in [0.1, 0.15) is 48.3 Å². The second-order valence-electron chi connectivity index (χ2n) is 10.2. The minimum atomic E-state index is -4.02. The number of amides is 2. The van der Waals surface area contributed by atoms with Gasteiger partial charge in [-0.2, -0.15) is 5.26 Å². The molecule has 1 aliphatic rings. The lowest BCUT2D eigenvalue weighted by Crippen LogP contribution is -2.47. The fraction of sp³-hybridized carbons (Fsp3) is 0.367. The minimum Gasteiger partial charge on any atom is -0.377 e. The zero-order valence-electron chi connectivity index (χ0n) is 23.1. The first kappa shape index (κ1) is 30.2. The number of ether oxygens (including phenoxy) is 1. The van der Waals surface area contributed by atoms with Gasteiger partial charge in [0.15, 0.2) is 0 Å². The number of fused-ring (bicyclic) bond motifs is 1. The number of nitriles is 1. The maximum Gasteiger partial charge on any atom is 0.265 e. The molecule has 0 saturated heterocycles. The number of hydrogen-bond donors (Lipinski definition) is 2. The highest BCUT2D eigenvalue weighted by Crippen LogP contribution is 2.27. The van der Waals surface area contributed by atoms with Crippen LogP contribution < -0.4 is 10.6 Å². The Morgan fingerprint density at radius 3 is 2.61 bits per heavy atom. The molecule has 0 spiro atoms. The molecule has 0 aliphatic carbocycles. The number of hydrogen-bond acceptors (Lipinski definition) is 7. The van der Waals surface area contributed by atoms with Gasteiger partial charge in [-0.25, -0.2) is 8.42 Å². The molecule has 3 aromatic rings. The normalized spacial score (nSPS) is 14.2. The highest BCUT2D eigenvalue weighted by molar-refractivity contribution is 7.89. The lowest BCUT2D eigenvalue weighted by Gasteiger charge is -2.29. The molecule has 4 rings (SSSR count). The quantitative estimate of drug-likeness (QED) is 0.299. The molecule has 41 heavy (non-hydrogen) atoms. The molecule has 9 nitrogen and oxygen atoms in total. The number of rotatable bonds is 12. The topological polar surface area (TPSA) is 129 Å². The highest BCUT2D eigenvalue weighted by atomic mass is 32.2.